The molecule has 0 spiro atoms. The molecule has 1 aliphatic heterocycles. The van der Waals surface area contributed by atoms with Crippen LogP contribution in [-0.2, 0) is 6.54 Å². The van der Waals surface area contributed by atoms with Crippen molar-refractivity contribution in [3.05, 3.63) is 86.9 Å². The number of hydrogen-bond acceptors (Lipinski definition) is 8. The Balaban J connectivity index is 1.99. The summed E-state index contributed by atoms with van der Waals surface area (Å²) in [5.74, 6) is 0.653. The van der Waals surface area contributed by atoms with Crippen molar-refractivity contribution in [2.75, 3.05) is 21.3 Å². The Bertz CT molecular complexity index is 1370. The Morgan fingerprint density at radius 3 is 2.44 bits per heavy atom. The van der Waals surface area contributed by atoms with Crippen molar-refractivity contribution < 1.29 is 18.9 Å². The zero-order valence-electron chi connectivity index (χ0n) is 19.3. The molecule has 1 aliphatic rings. The predicted molar refractivity (Wildman–Crippen MR) is 124 cm³/mol. The number of aromatic nitrogens is 2. The third-order valence-corrected chi connectivity index (χ3v) is 5.78. The summed E-state index contributed by atoms with van der Waals surface area (Å²) in [6, 6.07) is 12.7. The van der Waals surface area contributed by atoms with E-state index in [4.69, 9.17) is 24.7 Å². The van der Waals surface area contributed by atoms with Gasteiger partial charge in [0.15, 0.2) is 11.5 Å². The number of methoxy groups -OCH3 is 3. The van der Waals surface area contributed by atoms with Crippen LogP contribution in [0, 0.1) is 18.3 Å². The molecular formula is C25H24N4O5. The average Bonchev–Trinajstić information content (AvgIpc) is 2.85. The second-order valence-corrected chi connectivity index (χ2v) is 7.65. The van der Waals surface area contributed by atoms with Gasteiger partial charge in [0.25, 0.3) is 5.56 Å². The molecule has 9 nitrogen and oxygen atoms in total. The van der Waals surface area contributed by atoms with Crippen LogP contribution in [0.4, 0.5) is 0 Å². The second kappa shape index (κ2) is 9.19. The minimum atomic E-state index is -0.841. The smallest absolute Gasteiger partial charge is 0.259 e. The van der Waals surface area contributed by atoms with E-state index in [0.29, 0.717) is 28.5 Å². The minimum absolute atomic E-state index is 0.0712. The van der Waals surface area contributed by atoms with Crippen molar-refractivity contribution in [3.8, 4) is 29.1 Å². The van der Waals surface area contributed by atoms with Gasteiger partial charge < -0.3 is 29.2 Å². The van der Waals surface area contributed by atoms with Crippen LogP contribution in [0.25, 0.3) is 0 Å². The van der Waals surface area contributed by atoms with Crippen molar-refractivity contribution >= 4 is 0 Å². The van der Waals surface area contributed by atoms with Crippen molar-refractivity contribution in [3.63, 3.8) is 0 Å². The van der Waals surface area contributed by atoms with E-state index in [9.17, 15) is 10.1 Å². The molecule has 34 heavy (non-hydrogen) atoms. The van der Waals surface area contributed by atoms with Crippen LogP contribution < -0.4 is 30.2 Å². The number of nitrogens with zero attached hydrogens (tertiary/aromatic N) is 3. The van der Waals surface area contributed by atoms with Crippen molar-refractivity contribution in [2.24, 2.45) is 5.73 Å². The predicted octanol–water partition coefficient (Wildman–Crippen LogP) is 2.84. The molecule has 0 radical (unpaired) electrons. The molecule has 0 fully saturated rings. The van der Waals surface area contributed by atoms with Gasteiger partial charge in [-0.05, 0) is 25.1 Å². The van der Waals surface area contributed by atoms with Gasteiger partial charge in [0.1, 0.15) is 23.1 Å². The third kappa shape index (κ3) is 3.79. The van der Waals surface area contributed by atoms with Crippen LogP contribution in [0.1, 0.15) is 28.4 Å². The van der Waals surface area contributed by atoms with E-state index in [1.165, 1.54) is 21.3 Å². The van der Waals surface area contributed by atoms with Gasteiger partial charge in [-0.25, -0.2) is 0 Å². The number of allylic oxidation sites excluding steroid dienone is 1. The molecule has 0 unspecified atom stereocenters. The fourth-order valence-corrected chi connectivity index (χ4v) is 4.13. The Morgan fingerprint density at radius 1 is 1.12 bits per heavy atom. The zero-order valence-corrected chi connectivity index (χ0v) is 19.3. The highest BCUT2D eigenvalue weighted by Gasteiger charge is 2.36. The van der Waals surface area contributed by atoms with E-state index in [2.05, 4.69) is 11.1 Å². The standard InChI is InChI=1S/C25H24N4O5/c1-14-9-21-23(25(30)29(14)13-15-7-5-6-8-28-15)22(17(12-26)24(27)34-21)16-10-19(32-3)20(33-4)11-18(16)31-2/h5-11,22H,13,27H2,1-4H3/t22-/m1/s1. The Hall–Kier alpha value is -4.45. The van der Waals surface area contributed by atoms with Crippen LogP contribution >= 0.6 is 0 Å². The van der Waals surface area contributed by atoms with Crippen LogP contribution in [0.5, 0.6) is 23.0 Å². The van der Waals surface area contributed by atoms with Crippen molar-refractivity contribution in [1.82, 2.24) is 9.55 Å². The van der Waals surface area contributed by atoms with Crippen LogP contribution in [0.15, 0.2) is 58.8 Å². The van der Waals surface area contributed by atoms with E-state index >= 15 is 0 Å². The molecule has 1 atom stereocenters. The van der Waals surface area contributed by atoms with Crippen LogP contribution in [0.3, 0.4) is 0 Å². The fourth-order valence-electron chi connectivity index (χ4n) is 4.13. The van der Waals surface area contributed by atoms with Crippen LogP contribution in [0.2, 0.25) is 0 Å². The SMILES string of the molecule is COc1cc(OC)c([C@@H]2C(C#N)=C(N)Oc3cc(C)n(Cc4ccccn4)c(=O)c32)cc1OC. The molecule has 174 valence electrons. The van der Waals surface area contributed by atoms with E-state index in [0.717, 1.165) is 5.69 Å². The molecule has 9 heteroatoms. The molecule has 2 aromatic heterocycles. The Kier molecular flexibility index (Phi) is 6.15. The number of aryl methyl sites for hydroxylation is 1. The molecule has 0 aliphatic carbocycles. The molecule has 0 saturated carbocycles. The lowest BCUT2D eigenvalue weighted by atomic mass is 9.83. The maximum atomic E-state index is 13.9. The van der Waals surface area contributed by atoms with E-state index in [1.54, 1.807) is 35.9 Å². The first-order valence-electron chi connectivity index (χ1n) is 10.4. The van der Waals surface area contributed by atoms with Gasteiger partial charge in [-0.2, -0.15) is 5.26 Å². The first kappa shape index (κ1) is 22.7. The first-order chi connectivity index (χ1) is 16.4. The summed E-state index contributed by atoms with van der Waals surface area (Å²) >= 11 is 0. The number of pyridine rings is 2. The van der Waals surface area contributed by atoms with E-state index in [-0.39, 0.29) is 34.9 Å². The maximum Gasteiger partial charge on any atom is 0.259 e. The highest BCUT2D eigenvalue weighted by Crippen LogP contribution is 2.46. The van der Waals surface area contributed by atoms with Gasteiger partial charge in [0.2, 0.25) is 5.88 Å². The molecular weight excluding hydrogens is 436 g/mol. The van der Waals surface area contributed by atoms with Gasteiger partial charge >= 0.3 is 0 Å². The number of benzene rings is 1. The minimum Gasteiger partial charge on any atom is -0.496 e. The summed E-state index contributed by atoms with van der Waals surface area (Å²) < 4.78 is 23.8. The van der Waals surface area contributed by atoms with E-state index in [1.807, 2.05) is 18.2 Å². The lowest BCUT2D eigenvalue weighted by Gasteiger charge is -2.28. The topological polar surface area (TPSA) is 122 Å². The number of fused-ring (bicyclic) bond motifs is 1. The molecule has 4 rings (SSSR count). The summed E-state index contributed by atoms with van der Waals surface area (Å²) in [7, 11) is 4.52. The van der Waals surface area contributed by atoms with E-state index < -0.39 is 5.92 Å². The number of hydrogen-bond donors (Lipinski definition) is 1. The lowest BCUT2D eigenvalue weighted by molar-refractivity contribution is 0.346. The molecule has 0 bridgehead atoms. The molecule has 3 aromatic rings. The molecule has 0 saturated heterocycles. The molecule has 0 amide bonds. The number of nitriles is 1. The van der Waals surface area contributed by atoms with Gasteiger partial charge in [0.05, 0.1) is 45.0 Å². The quantitative estimate of drug-likeness (QED) is 0.596. The Labute approximate surface area is 196 Å². The van der Waals surface area contributed by atoms with Crippen molar-refractivity contribution in [2.45, 2.75) is 19.4 Å². The number of rotatable bonds is 6. The Morgan fingerprint density at radius 2 is 1.82 bits per heavy atom. The fraction of sp³-hybridized carbons (Fsp3) is 0.240. The van der Waals surface area contributed by atoms with Gasteiger partial charge in [-0.1, -0.05) is 6.07 Å². The van der Waals surface area contributed by atoms with Gasteiger partial charge in [0, 0.05) is 29.6 Å². The number of nitrogens with two attached hydrogens (primary N) is 1. The molecule has 3 heterocycles. The summed E-state index contributed by atoms with van der Waals surface area (Å²) in [4.78, 5) is 18.2. The molecule has 1 aromatic carbocycles. The summed E-state index contributed by atoms with van der Waals surface area (Å²) in [5, 5.41) is 9.98. The average molecular weight is 460 g/mol. The maximum absolute atomic E-state index is 13.9. The normalized spacial score (nSPS) is 14.6. The first-order valence-corrected chi connectivity index (χ1v) is 10.4. The zero-order chi connectivity index (χ0) is 24.4. The van der Waals surface area contributed by atoms with Gasteiger partial charge in [-0.3, -0.25) is 9.78 Å². The number of ether oxygens (including phenoxy) is 4. The lowest BCUT2D eigenvalue weighted by Crippen LogP contribution is -2.33. The summed E-state index contributed by atoms with van der Waals surface area (Å²) in [5.41, 5.74) is 8.10. The van der Waals surface area contributed by atoms with Crippen molar-refractivity contribution in [1.29, 1.82) is 5.26 Å². The highest BCUT2D eigenvalue weighted by atomic mass is 16.5. The third-order valence-electron chi connectivity index (χ3n) is 5.78. The largest absolute Gasteiger partial charge is 0.496 e. The van der Waals surface area contributed by atoms with Gasteiger partial charge in [-0.15, -0.1) is 0 Å². The summed E-state index contributed by atoms with van der Waals surface area (Å²) in [6.07, 6.45) is 1.67. The monoisotopic (exact) mass is 460 g/mol. The molecule has 2 N–H and O–H groups in total. The summed E-state index contributed by atoms with van der Waals surface area (Å²) in [6.45, 7) is 2.06. The van der Waals surface area contributed by atoms with Crippen LogP contribution in [-0.4, -0.2) is 30.9 Å². The second-order valence-electron chi connectivity index (χ2n) is 7.65. The highest BCUT2D eigenvalue weighted by molar-refractivity contribution is 5.61.